The van der Waals surface area contributed by atoms with E-state index in [1.165, 1.54) is 14.0 Å². The van der Waals surface area contributed by atoms with Crippen molar-refractivity contribution < 1.29 is 8.78 Å². The van der Waals surface area contributed by atoms with Crippen LogP contribution in [-0.2, 0) is 0 Å². The molecule has 0 aromatic rings. The Morgan fingerprint density at radius 1 is 1.50 bits per heavy atom. The second-order valence-electron chi connectivity index (χ2n) is 1.74. The molecule has 0 fully saturated rings. The fourth-order valence-corrected chi connectivity index (χ4v) is 0.384. The highest BCUT2D eigenvalue weighted by Crippen LogP contribution is 2.14. The molecule has 3 heteroatoms. The van der Waals surface area contributed by atoms with Crippen LogP contribution in [0.5, 0.6) is 0 Å². The lowest BCUT2D eigenvalue weighted by Gasteiger charge is -2.11. The molecule has 0 heterocycles. The van der Waals surface area contributed by atoms with Crippen molar-refractivity contribution in [2.45, 2.75) is 19.3 Å². The third-order valence-electron chi connectivity index (χ3n) is 0.953. The smallest absolute Gasteiger partial charge is 0.260 e. The second kappa shape index (κ2) is 2.97. The van der Waals surface area contributed by atoms with E-state index in [1.54, 1.807) is 0 Å². The first-order chi connectivity index (χ1) is 3.62. The van der Waals surface area contributed by atoms with Gasteiger partial charge in [-0.25, -0.2) is 8.78 Å². The highest BCUT2D eigenvalue weighted by molar-refractivity contribution is 4.64. The Balaban J connectivity index is 3.37. The first-order valence-corrected chi connectivity index (χ1v) is 2.65. The van der Waals surface area contributed by atoms with E-state index in [-0.39, 0.29) is 13.0 Å². The van der Waals surface area contributed by atoms with Gasteiger partial charge < -0.3 is 5.32 Å². The van der Waals surface area contributed by atoms with Crippen molar-refractivity contribution in [3.05, 3.63) is 0 Å². The summed E-state index contributed by atoms with van der Waals surface area (Å²) in [5, 5.41) is 2.41. The Labute approximate surface area is 48.1 Å². The van der Waals surface area contributed by atoms with Gasteiger partial charge in [0.05, 0.1) is 6.54 Å². The van der Waals surface area contributed by atoms with Gasteiger partial charge in [0, 0.05) is 6.42 Å². The van der Waals surface area contributed by atoms with Gasteiger partial charge in [-0.1, -0.05) is 6.92 Å². The quantitative estimate of drug-likeness (QED) is 0.595. The van der Waals surface area contributed by atoms with Crippen LogP contribution in [0, 0.1) is 0 Å². The first-order valence-electron chi connectivity index (χ1n) is 2.65. The monoisotopic (exact) mass is 123 g/mol. The second-order valence-corrected chi connectivity index (χ2v) is 1.74. The molecule has 0 aliphatic carbocycles. The normalized spacial score (nSPS) is 12.0. The maximum absolute atomic E-state index is 12.1. The Hall–Kier alpha value is -0.180. The van der Waals surface area contributed by atoms with Crippen LogP contribution in [0.3, 0.4) is 0 Å². The zero-order valence-electron chi connectivity index (χ0n) is 5.17. The third-order valence-corrected chi connectivity index (χ3v) is 0.953. The molecule has 0 aromatic heterocycles. The molecule has 50 valence electrons. The number of hydrogen-bond acceptors (Lipinski definition) is 1. The molecule has 0 rings (SSSR count). The standard InChI is InChI=1S/C5H11F2N/c1-3-5(6,7)4-8-2/h8H,3-4H2,1-2H3. The minimum atomic E-state index is -2.52. The van der Waals surface area contributed by atoms with Crippen molar-refractivity contribution in [2.75, 3.05) is 13.6 Å². The molecule has 1 N–H and O–H groups in total. The summed E-state index contributed by atoms with van der Waals surface area (Å²) in [6.45, 7) is 1.25. The summed E-state index contributed by atoms with van der Waals surface area (Å²) in [7, 11) is 1.52. The fourth-order valence-electron chi connectivity index (χ4n) is 0.384. The van der Waals surface area contributed by atoms with E-state index in [0.29, 0.717) is 0 Å². The van der Waals surface area contributed by atoms with Crippen LogP contribution < -0.4 is 5.32 Å². The molecule has 0 spiro atoms. The largest absolute Gasteiger partial charge is 0.314 e. The van der Waals surface area contributed by atoms with E-state index in [1.807, 2.05) is 0 Å². The van der Waals surface area contributed by atoms with Crippen molar-refractivity contribution in [1.29, 1.82) is 0 Å². The molecule has 0 radical (unpaired) electrons. The summed E-state index contributed by atoms with van der Waals surface area (Å²) >= 11 is 0. The lowest BCUT2D eigenvalue weighted by molar-refractivity contribution is 0.000238. The summed E-state index contributed by atoms with van der Waals surface area (Å²) in [6.07, 6.45) is -0.0894. The molecule has 0 amide bonds. The van der Waals surface area contributed by atoms with Gasteiger partial charge in [0.2, 0.25) is 0 Å². The molecule has 0 aromatic carbocycles. The van der Waals surface area contributed by atoms with Gasteiger partial charge in [0.1, 0.15) is 0 Å². The van der Waals surface area contributed by atoms with Gasteiger partial charge in [0.15, 0.2) is 0 Å². The van der Waals surface area contributed by atoms with Gasteiger partial charge in [-0.2, -0.15) is 0 Å². The minimum absolute atomic E-state index is 0.0894. The summed E-state index contributed by atoms with van der Waals surface area (Å²) in [5.41, 5.74) is 0. The van der Waals surface area contributed by atoms with Gasteiger partial charge >= 0.3 is 0 Å². The Morgan fingerprint density at radius 2 is 2.00 bits per heavy atom. The molecule has 0 aliphatic rings. The molecular formula is C5H11F2N. The SMILES string of the molecule is CCC(F)(F)CNC. The van der Waals surface area contributed by atoms with E-state index in [0.717, 1.165) is 0 Å². The number of nitrogens with one attached hydrogen (secondary N) is 1. The number of hydrogen-bond donors (Lipinski definition) is 1. The van der Waals surface area contributed by atoms with Crippen LogP contribution in [0.2, 0.25) is 0 Å². The third kappa shape index (κ3) is 2.91. The molecule has 8 heavy (non-hydrogen) atoms. The van der Waals surface area contributed by atoms with Crippen LogP contribution in [0.4, 0.5) is 8.78 Å². The minimum Gasteiger partial charge on any atom is -0.314 e. The average Bonchev–Trinajstić information content (AvgIpc) is 1.67. The Morgan fingerprint density at radius 3 is 2.12 bits per heavy atom. The summed E-state index contributed by atoms with van der Waals surface area (Å²) < 4.78 is 24.2. The zero-order chi connectivity index (χ0) is 6.62. The summed E-state index contributed by atoms with van der Waals surface area (Å²) in [4.78, 5) is 0. The van der Waals surface area contributed by atoms with E-state index in [4.69, 9.17) is 0 Å². The fraction of sp³-hybridized carbons (Fsp3) is 1.00. The highest BCUT2D eigenvalue weighted by Gasteiger charge is 2.23. The van der Waals surface area contributed by atoms with E-state index < -0.39 is 5.92 Å². The molecule has 0 saturated heterocycles. The maximum Gasteiger partial charge on any atom is 0.260 e. The van der Waals surface area contributed by atoms with Crippen LogP contribution in [0.25, 0.3) is 0 Å². The highest BCUT2D eigenvalue weighted by atomic mass is 19.3. The van der Waals surface area contributed by atoms with Crippen molar-refractivity contribution in [3.63, 3.8) is 0 Å². The molecule has 1 nitrogen and oxygen atoms in total. The van der Waals surface area contributed by atoms with Gasteiger partial charge in [-0.05, 0) is 7.05 Å². The van der Waals surface area contributed by atoms with Crippen LogP contribution in [0.1, 0.15) is 13.3 Å². The van der Waals surface area contributed by atoms with Crippen molar-refractivity contribution >= 4 is 0 Å². The Kier molecular flexibility index (Phi) is 2.90. The van der Waals surface area contributed by atoms with Crippen LogP contribution in [0.15, 0.2) is 0 Å². The Bertz CT molecular complexity index is 63.4. The predicted molar refractivity (Wildman–Crippen MR) is 29.2 cm³/mol. The average molecular weight is 123 g/mol. The number of halogens is 2. The van der Waals surface area contributed by atoms with E-state index >= 15 is 0 Å². The summed E-state index contributed by atoms with van der Waals surface area (Å²) in [5.74, 6) is -2.52. The lowest BCUT2D eigenvalue weighted by Crippen LogP contribution is -2.29. The van der Waals surface area contributed by atoms with Gasteiger partial charge in [-0.15, -0.1) is 0 Å². The van der Waals surface area contributed by atoms with E-state index in [2.05, 4.69) is 5.32 Å². The van der Waals surface area contributed by atoms with Gasteiger partial charge in [0.25, 0.3) is 5.92 Å². The molecule has 0 saturated carbocycles. The molecule has 0 aliphatic heterocycles. The zero-order valence-corrected chi connectivity index (χ0v) is 5.17. The lowest BCUT2D eigenvalue weighted by atomic mass is 10.3. The topological polar surface area (TPSA) is 12.0 Å². The van der Waals surface area contributed by atoms with Crippen LogP contribution >= 0.6 is 0 Å². The van der Waals surface area contributed by atoms with Crippen LogP contribution in [-0.4, -0.2) is 19.5 Å². The van der Waals surface area contributed by atoms with Crippen molar-refractivity contribution in [2.24, 2.45) is 0 Å². The van der Waals surface area contributed by atoms with E-state index in [9.17, 15) is 8.78 Å². The number of rotatable bonds is 3. The molecule has 0 bridgehead atoms. The predicted octanol–water partition coefficient (Wildman–Crippen LogP) is 1.25. The van der Waals surface area contributed by atoms with Crippen molar-refractivity contribution in [1.82, 2.24) is 5.32 Å². The molecule has 0 atom stereocenters. The summed E-state index contributed by atoms with van der Waals surface area (Å²) in [6, 6.07) is 0. The van der Waals surface area contributed by atoms with Gasteiger partial charge in [-0.3, -0.25) is 0 Å². The number of alkyl halides is 2. The molecular weight excluding hydrogens is 112 g/mol. The van der Waals surface area contributed by atoms with Crippen molar-refractivity contribution in [3.8, 4) is 0 Å². The molecule has 0 unspecified atom stereocenters. The maximum atomic E-state index is 12.1. The first kappa shape index (κ1) is 7.82.